The summed E-state index contributed by atoms with van der Waals surface area (Å²) in [5.74, 6) is 2.93. The summed E-state index contributed by atoms with van der Waals surface area (Å²) in [7, 11) is 0. The molecule has 6 heteroatoms. The molecule has 5 rings (SSSR count). The molecule has 0 spiro atoms. The lowest BCUT2D eigenvalue weighted by Crippen LogP contribution is -2.18. The standard InChI is InChI=1S/C26H19Cl3N2S/c27-20-7-1-16(2-8-20)13-19-14-32-15-23-24(17-3-9-21(28)10-4-17)30-26(31-25(19)23)18-5-11-22(29)12-6-18/h1-12,19H,13-15H2. The highest BCUT2D eigenvalue weighted by Gasteiger charge is 2.27. The number of hydrogen-bond donors (Lipinski definition) is 0. The topological polar surface area (TPSA) is 25.8 Å². The van der Waals surface area contributed by atoms with Crippen molar-refractivity contribution < 1.29 is 0 Å². The van der Waals surface area contributed by atoms with Crippen molar-refractivity contribution in [2.75, 3.05) is 5.75 Å². The van der Waals surface area contributed by atoms with Crippen LogP contribution in [0.1, 0.15) is 22.7 Å². The van der Waals surface area contributed by atoms with Crippen molar-refractivity contribution in [1.82, 2.24) is 9.97 Å². The number of halogens is 3. The first kappa shape index (κ1) is 21.8. The summed E-state index contributed by atoms with van der Waals surface area (Å²) in [4.78, 5) is 10.1. The third-order valence-corrected chi connectivity index (χ3v) is 7.49. The second-order valence-corrected chi connectivity index (χ2v) is 10.2. The Labute approximate surface area is 207 Å². The highest BCUT2D eigenvalue weighted by Crippen LogP contribution is 2.40. The summed E-state index contributed by atoms with van der Waals surface area (Å²) in [5.41, 5.74) is 6.58. The first-order valence-corrected chi connectivity index (χ1v) is 12.6. The lowest BCUT2D eigenvalue weighted by molar-refractivity contribution is 0.721. The van der Waals surface area contributed by atoms with Crippen LogP contribution in [-0.2, 0) is 12.2 Å². The molecule has 2 nitrogen and oxygen atoms in total. The fourth-order valence-electron chi connectivity index (χ4n) is 4.00. The minimum absolute atomic E-state index is 0.296. The molecule has 0 saturated carbocycles. The zero-order chi connectivity index (χ0) is 22.1. The van der Waals surface area contributed by atoms with Gasteiger partial charge in [-0.05, 0) is 60.5 Å². The minimum atomic E-state index is 0.296. The SMILES string of the molecule is Clc1ccc(CC2CSCc3c(-c4ccc(Cl)cc4)nc(-c4ccc(Cl)cc4)nc32)cc1. The molecule has 0 fully saturated rings. The van der Waals surface area contributed by atoms with Crippen molar-refractivity contribution in [2.24, 2.45) is 0 Å². The summed E-state index contributed by atoms with van der Waals surface area (Å²) in [6.07, 6.45) is 0.911. The molecule has 1 aliphatic rings. The number of thioether (sulfide) groups is 1. The predicted octanol–water partition coefficient (Wildman–Crippen LogP) is 8.34. The van der Waals surface area contributed by atoms with E-state index in [0.29, 0.717) is 16.0 Å². The summed E-state index contributed by atoms with van der Waals surface area (Å²) < 4.78 is 0. The van der Waals surface area contributed by atoms with Crippen LogP contribution < -0.4 is 0 Å². The molecule has 0 aliphatic carbocycles. The lowest BCUT2D eigenvalue weighted by atomic mass is 9.92. The van der Waals surface area contributed by atoms with Crippen LogP contribution >= 0.6 is 46.6 Å². The molecule has 160 valence electrons. The Kier molecular flexibility index (Phi) is 6.43. The molecule has 3 aromatic carbocycles. The first-order valence-electron chi connectivity index (χ1n) is 10.3. The summed E-state index contributed by atoms with van der Waals surface area (Å²) in [6, 6.07) is 23.7. The van der Waals surface area contributed by atoms with Crippen molar-refractivity contribution in [2.45, 2.75) is 18.1 Å². The van der Waals surface area contributed by atoms with Gasteiger partial charge < -0.3 is 0 Å². The van der Waals surface area contributed by atoms with Gasteiger partial charge in [-0.25, -0.2) is 9.97 Å². The molecule has 1 aromatic heterocycles. The van der Waals surface area contributed by atoms with E-state index < -0.39 is 0 Å². The summed E-state index contributed by atoms with van der Waals surface area (Å²) in [6.45, 7) is 0. The van der Waals surface area contributed by atoms with Crippen molar-refractivity contribution in [3.8, 4) is 22.6 Å². The van der Waals surface area contributed by atoms with Gasteiger partial charge in [0.05, 0.1) is 11.4 Å². The van der Waals surface area contributed by atoms with Crippen LogP contribution in [0.2, 0.25) is 15.1 Å². The quantitative estimate of drug-likeness (QED) is 0.283. The Balaban J connectivity index is 1.64. The maximum absolute atomic E-state index is 6.15. The third-order valence-electron chi connectivity index (χ3n) is 5.61. The fraction of sp³-hybridized carbons (Fsp3) is 0.154. The van der Waals surface area contributed by atoms with Gasteiger partial charge in [-0.2, -0.15) is 11.8 Å². The molecule has 0 N–H and O–H groups in total. The van der Waals surface area contributed by atoms with Crippen LogP contribution in [0.5, 0.6) is 0 Å². The fourth-order valence-corrected chi connectivity index (χ4v) is 5.54. The molecule has 2 heterocycles. The van der Waals surface area contributed by atoms with E-state index in [1.807, 2.05) is 72.4 Å². The molecule has 0 saturated heterocycles. The third kappa shape index (κ3) is 4.67. The lowest BCUT2D eigenvalue weighted by Gasteiger charge is -2.27. The summed E-state index contributed by atoms with van der Waals surface area (Å²) >= 11 is 20.3. The number of benzene rings is 3. The van der Waals surface area contributed by atoms with Crippen LogP contribution in [0.15, 0.2) is 72.8 Å². The minimum Gasteiger partial charge on any atom is -0.232 e. The molecular formula is C26H19Cl3N2S. The van der Waals surface area contributed by atoms with Gasteiger partial charge in [-0.15, -0.1) is 0 Å². The van der Waals surface area contributed by atoms with E-state index in [-0.39, 0.29) is 0 Å². The Morgan fingerprint density at radius 3 is 1.91 bits per heavy atom. The average Bonchev–Trinajstić information content (AvgIpc) is 2.81. The first-order chi connectivity index (χ1) is 15.6. The maximum atomic E-state index is 6.15. The molecule has 32 heavy (non-hydrogen) atoms. The van der Waals surface area contributed by atoms with Crippen LogP contribution in [0.25, 0.3) is 22.6 Å². The van der Waals surface area contributed by atoms with Crippen molar-refractivity contribution >= 4 is 46.6 Å². The van der Waals surface area contributed by atoms with Crippen LogP contribution in [0.3, 0.4) is 0 Å². The van der Waals surface area contributed by atoms with Crippen molar-refractivity contribution in [3.05, 3.63) is 105 Å². The van der Waals surface area contributed by atoms with Crippen molar-refractivity contribution in [3.63, 3.8) is 0 Å². The van der Waals surface area contributed by atoms with Gasteiger partial charge in [0.15, 0.2) is 5.82 Å². The second kappa shape index (κ2) is 9.44. The Hall–Kier alpha value is -2.04. The van der Waals surface area contributed by atoms with Crippen molar-refractivity contribution in [1.29, 1.82) is 0 Å². The number of rotatable bonds is 4. The van der Waals surface area contributed by atoms with Gasteiger partial charge >= 0.3 is 0 Å². The van der Waals surface area contributed by atoms with E-state index in [1.54, 1.807) is 0 Å². The Morgan fingerprint density at radius 1 is 0.719 bits per heavy atom. The molecule has 0 bridgehead atoms. The number of aromatic nitrogens is 2. The van der Waals surface area contributed by atoms with Gasteiger partial charge in [-0.3, -0.25) is 0 Å². The number of hydrogen-bond acceptors (Lipinski definition) is 3. The Morgan fingerprint density at radius 2 is 1.28 bits per heavy atom. The monoisotopic (exact) mass is 496 g/mol. The molecule has 1 atom stereocenters. The molecule has 1 unspecified atom stereocenters. The predicted molar refractivity (Wildman–Crippen MR) is 137 cm³/mol. The molecule has 4 aromatic rings. The molecule has 0 radical (unpaired) electrons. The molecule has 0 amide bonds. The van der Waals surface area contributed by atoms with Crippen LogP contribution in [0, 0.1) is 0 Å². The largest absolute Gasteiger partial charge is 0.232 e. The van der Waals surface area contributed by atoms with E-state index in [4.69, 9.17) is 44.8 Å². The van der Waals surface area contributed by atoms with Gasteiger partial charge in [0, 0.05) is 49.2 Å². The molecular weight excluding hydrogens is 479 g/mol. The zero-order valence-electron chi connectivity index (χ0n) is 17.1. The molecule has 1 aliphatic heterocycles. The smallest absolute Gasteiger partial charge is 0.160 e. The maximum Gasteiger partial charge on any atom is 0.160 e. The number of nitrogens with zero attached hydrogens (tertiary/aromatic N) is 2. The van der Waals surface area contributed by atoms with Gasteiger partial charge in [0.25, 0.3) is 0 Å². The van der Waals surface area contributed by atoms with Crippen LogP contribution in [-0.4, -0.2) is 15.7 Å². The van der Waals surface area contributed by atoms with Gasteiger partial charge in [0.2, 0.25) is 0 Å². The number of fused-ring (bicyclic) bond motifs is 1. The highest BCUT2D eigenvalue weighted by molar-refractivity contribution is 7.98. The zero-order valence-corrected chi connectivity index (χ0v) is 20.1. The van der Waals surface area contributed by atoms with Crippen LogP contribution in [0.4, 0.5) is 0 Å². The van der Waals surface area contributed by atoms with Gasteiger partial charge in [-0.1, -0.05) is 59.1 Å². The summed E-state index contributed by atoms with van der Waals surface area (Å²) in [5, 5.41) is 2.16. The van der Waals surface area contributed by atoms with E-state index in [1.165, 1.54) is 11.1 Å². The van der Waals surface area contributed by atoms with Gasteiger partial charge in [0.1, 0.15) is 0 Å². The van der Waals surface area contributed by atoms with E-state index in [0.717, 1.165) is 51.3 Å². The van der Waals surface area contributed by atoms with E-state index in [9.17, 15) is 0 Å². The average molecular weight is 498 g/mol. The normalized spacial score (nSPS) is 15.4. The Bertz CT molecular complexity index is 1240. The highest BCUT2D eigenvalue weighted by atomic mass is 35.5. The second-order valence-electron chi connectivity index (χ2n) is 7.82. The van der Waals surface area contributed by atoms with E-state index in [2.05, 4.69) is 12.1 Å². The van der Waals surface area contributed by atoms with E-state index >= 15 is 0 Å².